The highest BCUT2D eigenvalue weighted by Gasteiger charge is 2.51. The van der Waals surface area contributed by atoms with Gasteiger partial charge in [-0.15, -0.1) is 11.3 Å². The number of carbonyl (C=O) groups excluding carboxylic acids is 2. The second-order valence-corrected chi connectivity index (χ2v) is 10.3. The molecule has 5 nitrogen and oxygen atoms in total. The van der Waals surface area contributed by atoms with Crippen molar-refractivity contribution < 1.29 is 14.0 Å². The summed E-state index contributed by atoms with van der Waals surface area (Å²) in [5, 5.41) is 3.51. The first kappa shape index (κ1) is 18.3. The van der Waals surface area contributed by atoms with Gasteiger partial charge in [-0.1, -0.05) is 20.8 Å². The molecular formula is C21H26N2O3S. The van der Waals surface area contributed by atoms with E-state index in [0.717, 1.165) is 36.2 Å². The van der Waals surface area contributed by atoms with Crippen LogP contribution in [0.4, 0.5) is 5.00 Å². The maximum atomic E-state index is 13.3. The van der Waals surface area contributed by atoms with Crippen molar-refractivity contribution in [2.24, 2.45) is 10.8 Å². The van der Waals surface area contributed by atoms with Gasteiger partial charge in [-0.25, -0.2) is 0 Å². The number of carbonyl (C=O) groups is 2. The minimum Gasteiger partial charge on any atom is -0.459 e. The van der Waals surface area contributed by atoms with Gasteiger partial charge in [0.25, 0.3) is 11.8 Å². The van der Waals surface area contributed by atoms with Crippen LogP contribution in [-0.4, -0.2) is 29.3 Å². The van der Waals surface area contributed by atoms with Crippen LogP contribution in [0.3, 0.4) is 0 Å². The van der Waals surface area contributed by atoms with E-state index in [0.29, 0.717) is 11.0 Å². The summed E-state index contributed by atoms with van der Waals surface area (Å²) in [5.41, 5.74) is 1.40. The number of hydrogen-bond donors (Lipinski definition) is 1. The summed E-state index contributed by atoms with van der Waals surface area (Å²) in [6.45, 7) is 9.68. The quantitative estimate of drug-likeness (QED) is 0.812. The molecule has 3 heterocycles. The first-order valence-corrected chi connectivity index (χ1v) is 10.2. The molecule has 0 spiro atoms. The topological polar surface area (TPSA) is 62.6 Å². The van der Waals surface area contributed by atoms with Crippen molar-refractivity contribution in [3.8, 4) is 0 Å². The van der Waals surface area contributed by atoms with Crippen molar-refractivity contribution in [3.63, 3.8) is 0 Å². The molecular weight excluding hydrogens is 360 g/mol. The zero-order chi connectivity index (χ0) is 19.4. The van der Waals surface area contributed by atoms with Crippen molar-refractivity contribution in [1.82, 2.24) is 4.90 Å². The maximum absolute atomic E-state index is 13.3. The number of rotatable bonds is 3. The number of thiophene rings is 1. The van der Waals surface area contributed by atoms with E-state index in [1.807, 2.05) is 13.0 Å². The Morgan fingerprint density at radius 1 is 1.30 bits per heavy atom. The third kappa shape index (κ3) is 3.43. The highest BCUT2D eigenvalue weighted by Crippen LogP contribution is 2.53. The Morgan fingerprint density at radius 2 is 2.07 bits per heavy atom. The second kappa shape index (κ2) is 6.23. The van der Waals surface area contributed by atoms with Crippen LogP contribution in [0.15, 0.2) is 28.9 Å². The van der Waals surface area contributed by atoms with Crippen molar-refractivity contribution in [3.05, 3.63) is 40.7 Å². The molecule has 1 aliphatic heterocycles. The number of hydrogen-bond acceptors (Lipinski definition) is 4. The Labute approximate surface area is 163 Å². The van der Waals surface area contributed by atoms with Crippen LogP contribution in [0.2, 0.25) is 0 Å². The zero-order valence-corrected chi connectivity index (χ0v) is 17.1. The number of fused-ring (bicyclic) bond motifs is 2. The second-order valence-electron chi connectivity index (χ2n) is 9.20. The van der Waals surface area contributed by atoms with Crippen LogP contribution in [0, 0.1) is 17.8 Å². The molecule has 2 fully saturated rings. The molecule has 6 heteroatoms. The smallest absolute Gasteiger partial charge is 0.291 e. The van der Waals surface area contributed by atoms with Crippen LogP contribution in [0.5, 0.6) is 0 Å². The van der Waals surface area contributed by atoms with E-state index >= 15 is 0 Å². The molecule has 4 rings (SSSR count). The first-order chi connectivity index (χ1) is 12.7. The molecule has 1 saturated carbocycles. The van der Waals surface area contributed by atoms with Gasteiger partial charge in [0.15, 0.2) is 5.76 Å². The number of likely N-dealkylation sites (tertiary alicyclic amines) is 1. The van der Waals surface area contributed by atoms with E-state index in [1.165, 1.54) is 17.6 Å². The molecule has 0 unspecified atom stereocenters. The normalized spacial score (nSPS) is 26.2. The number of nitrogens with zero attached hydrogens (tertiary/aromatic N) is 1. The summed E-state index contributed by atoms with van der Waals surface area (Å²) in [6, 6.07) is 5.48. The largest absolute Gasteiger partial charge is 0.459 e. The fraction of sp³-hybridized carbons (Fsp3) is 0.524. The van der Waals surface area contributed by atoms with E-state index in [2.05, 4.69) is 31.0 Å². The molecule has 0 radical (unpaired) electrons. The Bertz CT molecular complexity index is 883. The van der Waals surface area contributed by atoms with Gasteiger partial charge in [-0.2, -0.15) is 0 Å². The van der Waals surface area contributed by atoms with Gasteiger partial charge >= 0.3 is 0 Å². The summed E-state index contributed by atoms with van der Waals surface area (Å²) in [7, 11) is 0. The van der Waals surface area contributed by atoms with Crippen molar-refractivity contribution in [2.75, 3.05) is 11.9 Å². The van der Waals surface area contributed by atoms with Crippen LogP contribution in [0.1, 0.15) is 65.8 Å². The lowest BCUT2D eigenvalue weighted by atomic mass is 9.65. The number of nitrogens with one attached hydrogen (secondary N) is 1. The van der Waals surface area contributed by atoms with Crippen molar-refractivity contribution in [2.45, 2.75) is 53.0 Å². The average molecular weight is 387 g/mol. The van der Waals surface area contributed by atoms with E-state index < -0.39 is 0 Å². The first-order valence-electron chi connectivity index (χ1n) is 9.42. The van der Waals surface area contributed by atoms with E-state index in [9.17, 15) is 9.59 Å². The molecule has 27 heavy (non-hydrogen) atoms. The van der Waals surface area contributed by atoms with E-state index in [-0.39, 0.29) is 28.4 Å². The minimum atomic E-state index is -0.300. The molecule has 2 aromatic rings. The molecule has 0 aromatic carbocycles. The van der Waals surface area contributed by atoms with Crippen LogP contribution in [-0.2, 0) is 0 Å². The summed E-state index contributed by atoms with van der Waals surface area (Å²) in [6.07, 6.45) is 4.78. The monoisotopic (exact) mass is 386 g/mol. The lowest BCUT2D eigenvalue weighted by Crippen LogP contribution is -2.37. The summed E-state index contributed by atoms with van der Waals surface area (Å²) in [5.74, 6) is 0.0615. The predicted molar refractivity (Wildman–Crippen MR) is 106 cm³/mol. The third-order valence-electron chi connectivity index (χ3n) is 5.77. The van der Waals surface area contributed by atoms with Gasteiger partial charge in [0.1, 0.15) is 0 Å². The predicted octanol–water partition coefficient (Wildman–Crippen LogP) is 4.94. The van der Waals surface area contributed by atoms with E-state index in [4.69, 9.17) is 4.42 Å². The molecule has 2 bridgehead atoms. The van der Waals surface area contributed by atoms with Crippen LogP contribution >= 0.6 is 11.3 Å². The number of amides is 2. The van der Waals surface area contributed by atoms with E-state index in [1.54, 1.807) is 12.1 Å². The zero-order valence-electron chi connectivity index (χ0n) is 16.3. The number of aryl methyl sites for hydroxylation is 1. The highest BCUT2D eigenvalue weighted by molar-refractivity contribution is 7.18. The fourth-order valence-electron chi connectivity index (χ4n) is 5.17. The molecule has 1 aliphatic carbocycles. The Hall–Kier alpha value is -2.08. The minimum absolute atomic E-state index is 0.0995. The SMILES string of the molecule is Cc1cc(NC(=O)c2ccco2)sc1C(=O)N1C[C@@]2(C)C[C@@H]1CC(C)(C)C2. The highest BCUT2D eigenvalue weighted by atomic mass is 32.1. The standard InChI is InChI=1S/C21H26N2O3S/c1-13-8-16(22-18(24)15-6-5-7-26-15)27-17(13)19(25)23-12-21(4)10-14(23)9-20(2,3)11-21/h5-8,14H,9-12H2,1-4H3,(H,22,24)/t14-,21-/m0/s1. The molecule has 1 saturated heterocycles. The summed E-state index contributed by atoms with van der Waals surface area (Å²) in [4.78, 5) is 28.3. The molecule has 1 N–H and O–H groups in total. The Balaban J connectivity index is 1.53. The number of furan rings is 1. The van der Waals surface area contributed by atoms with Crippen LogP contribution < -0.4 is 5.32 Å². The molecule has 2 atom stereocenters. The lowest BCUT2D eigenvalue weighted by Gasteiger charge is -2.39. The molecule has 2 amide bonds. The summed E-state index contributed by atoms with van der Waals surface area (Å²) >= 11 is 1.35. The van der Waals surface area contributed by atoms with Gasteiger partial charge in [-0.05, 0) is 60.8 Å². The van der Waals surface area contributed by atoms with Crippen molar-refractivity contribution in [1.29, 1.82) is 0 Å². The lowest BCUT2D eigenvalue weighted by molar-refractivity contribution is 0.0712. The van der Waals surface area contributed by atoms with Gasteiger partial charge in [0.2, 0.25) is 0 Å². The average Bonchev–Trinajstić information content (AvgIpc) is 3.24. The molecule has 144 valence electrons. The fourth-order valence-corrected chi connectivity index (χ4v) is 6.19. The number of anilines is 1. The summed E-state index contributed by atoms with van der Waals surface area (Å²) < 4.78 is 5.13. The van der Waals surface area contributed by atoms with Gasteiger partial charge in [-0.3, -0.25) is 9.59 Å². The van der Waals surface area contributed by atoms with Gasteiger partial charge in [0.05, 0.1) is 16.1 Å². The molecule has 2 aromatic heterocycles. The van der Waals surface area contributed by atoms with Crippen LogP contribution in [0.25, 0.3) is 0 Å². The van der Waals surface area contributed by atoms with Gasteiger partial charge in [0, 0.05) is 12.6 Å². The third-order valence-corrected chi connectivity index (χ3v) is 6.91. The van der Waals surface area contributed by atoms with Crippen molar-refractivity contribution >= 4 is 28.2 Å². The Morgan fingerprint density at radius 3 is 2.78 bits per heavy atom. The maximum Gasteiger partial charge on any atom is 0.291 e. The van der Waals surface area contributed by atoms with Gasteiger partial charge < -0.3 is 14.6 Å². The molecule has 2 aliphatic rings. The Kier molecular flexibility index (Phi) is 4.22.